The van der Waals surface area contributed by atoms with E-state index in [4.69, 9.17) is 0 Å². The highest BCUT2D eigenvalue weighted by Gasteiger charge is 2.51. The van der Waals surface area contributed by atoms with Crippen molar-refractivity contribution < 1.29 is 9.90 Å². The number of aliphatic hydroxyl groups is 1. The minimum atomic E-state index is -0.676. The summed E-state index contributed by atoms with van der Waals surface area (Å²) in [5.74, 6) is 0.111. The Balaban J connectivity index is 2.13. The summed E-state index contributed by atoms with van der Waals surface area (Å²) in [6, 6.07) is 0.173. The third-order valence-corrected chi connectivity index (χ3v) is 3.88. The van der Waals surface area contributed by atoms with Crippen LogP contribution in [0.1, 0.15) is 52.4 Å². The number of nitrogens with one attached hydrogen (secondary N) is 1. The maximum Gasteiger partial charge on any atom is 0.218 e. The first-order chi connectivity index (χ1) is 7.46. The zero-order chi connectivity index (χ0) is 11.8. The Morgan fingerprint density at radius 3 is 2.31 bits per heavy atom. The number of hydrogen-bond acceptors (Lipinski definition) is 2. The summed E-state index contributed by atoms with van der Waals surface area (Å²) >= 11 is 0. The van der Waals surface area contributed by atoms with E-state index in [1.54, 1.807) is 0 Å². The van der Waals surface area contributed by atoms with Crippen molar-refractivity contribution in [1.82, 2.24) is 5.32 Å². The van der Waals surface area contributed by atoms with Gasteiger partial charge in [0.25, 0.3) is 0 Å². The standard InChI is InChI=1S/C12H21BNO2/c1-9(2)14-10(15)11-5-3-7-12(16,13-11)8-4-6-11/h9,16H,3-8H2,1-2H3,(H,14,15). The monoisotopic (exact) mass is 222 g/mol. The average molecular weight is 222 g/mol. The van der Waals surface area contributed by atoms with Gasteiger partial charge in [-0.2, -0.15) is 0 Å². The predicted molar refractivity (Wildman–Crippen MR) is 64.4 cm³/mol. The second kappa shape index (κ2) is 4.06. The number of amides is 1. The number of carbonyl (C=O) groups is 1. The summed E-state index contributed by atoms with van der Waals surface area (Å²) in [6.07, 6.45) is 5.35. The lowest BCUT2D eigenvalue weighted by molar-refractivity contribution is -0.126. The van der Waals surface area contributed by atoms with Crippen LogP contribution in [0.5, 0.6) is 0 Å². The van der Waals surface area contributed by atoms with Crippen molar-refractivity contribution in [2.24, 2.45) is 0 Å². The average Bonchev–Trinajstić information content (AvgIpc) is 2.15. The first-order valence-electron chi connectivity index (χ1n) is 6.36. The molecule has 2 saturated heterocycles. The molecule has 2 bridgehead atoms. The SMILES string of the molecule is CC(C)NC(=O)C12[B]C(O)(CCC1)CCC2. The van der Waals surface area contributed by atoms with Crippen LogP contribution in [-0.2, 0) is 4.79 Å². The van der Waals surface area contributed by atoms with Crippen LogP contribution in [-0.4, -0.2) is 29.8 Å². The number of hydrogen-bond donors (Lipinski definition) is 2. The molecule has 1 amide bonds. The molecule has 0 aromatic rings. The maximum absolute atomic E-state index is 12.2. The van der Waals surface area contributed by atoms with Crippen LogP contribution in [0.3, 0.4) is 0 Å². The van der Waals surface area contributed by atoms with Gasteiger partial charge in [-0.1, -0.05) is 12.8 Å². The van der Waals surface area contributed by atoms with Gasteiger partial charge in [0.05, 0.1) is 0 Å². The molecule has 89 valence electrons. The second-order valence-electron chi connectivity index (χ2n) is 5.74. The molecule has 2 aliphatic heterocycles. The predicted octanol–water partition coefficient (Wildman–Crippen LogP) is 1.43. The Morgan fingerprint density at radius 1 is 1.25 bits per heavy atom. The normalized spacial score (nSPS) is 38.0. The molecule has 2 aliphatic rings. The molecule has 2 heterocycles. The van der Waals surface area contributed by atoms with Gasteiger partial charge in [0.2, 0.25) is 5.91 Å². The Labute approximate surface area is 98.2 Å². The van der Waals surface area contributed by atoms with Gasteiger partial charge in [0.1, 0.15) is 0 Å². The first kappa shape index (κ1) is 12.0. The van der Waals surface area contributed by atoms with E-state index in [2.05, 4.69) is 5.32 Å². The van der Waals surface area contributed by atoms with Crippen LogP contribution in [0.25, 0.3) is 0 Å². The van der Waals surface area contributed by atoms with Gasteiger partial charge in [-0.15, -0.1) is 0 Å². The van der Waals surface area contributed by atoms with Crippen LogP contribution >= 0.6 is 0 Å². The molecule has 0 aromatic heterocycles. The van der Waals surface area contributed by atoms with Crippen molar-refractivity contribution in [3.05, 3.63) is 0 Å². The number of carbonyl (C=O) groups excluding carboxylic acids is 1. The zero-order valence-corrected chi connectivity index (χ0v) is 10.3. The largest absolute Gasteiger partial charge is 0.399 e. The third-order valence-electron chi connectivity index (χ3n) is 3.88. The Kier molecular flexibility index (Phi) is 3.04. The molecule has 4 heteroatoms. The van der Waals surface area contributed by atoms with Gasteiger partial charge < -0.3 is 10.4 Å². The summed E-state index contributed by atoms with van der Waals surface area (Å²) in [6.45, 7) is 3.96. The van der Waals surface area contributed by atoms with Crippen molar-refractivity contribution in [3.8, 4) is 0 Å². The second-order valence-corrected chi connectivity index (χ2v) is 5.74. The highest BCUT2D eigenvalue weighted by atomic mass is 16.3. The molecular formula is C12H21BNO2. The lowest BCUT2D eigenvalue weighted by atomic mass is 9.33. The van der Waals surface area contributed by atoms with Gasteiger partial charge in [0.15, 0.2) is 7.28 Å². The van der Waals surface area contributed by atoms with E-state index in [9.17, 15) is 9.90 Å². The summed E-state index contributed by atoms with van der Waals surface area (Å²) in [5, 5.41) is 12.9. The Bertz CT molecular complexity index is 281. The first-order valence-corrected chi connectivity index (χ1v) is 6.36. The van der Waals surface area contributed by atoms with Crippen molar-refractivity contribution in [2.75, 3.05) is 0 Å². The van der Waals surface area contributed by atoms with Gasteiger partial charge in [-0.3, -0.25) is 4.79 Å². The molecule has 0 aromatic carbocycles. The van der Waals surface area contributed by atoms with Crippen LogP contribution in [0.2, 0.25) is 5.31 Å². The minimum absolute atomic E-state index is 0.111. The Hall–Kier alpha value is -0.505. The number of rotatable bonds is 2. The lowest BCUT2D eigenvalue weighted by Crippen LogP contribution is -2.55. The highest BCUT2D eigenvalue weighted by Crippen LogP contribution is 2.50. The summed E-state index contributed by atoms with van der Waals surface area (Å²) in [5.41, 5.74) is -0.676. The van der Waals surface area contributed by atoms with E-state index in [0.29, 0.717) is 0 Å². The van der Waals surface area contributed by atoms with E-state index >= 15 is 0 Å². The molecule has 2 fully saturated rings. The molecule has 0 spiro atoms. The van der Waals surface area contributed by atoms with E-state index in [0.717, 1.165) is 38.5 Å². The van der Waals surface area contributed by atoms with Crippen molar-refractivity contribution in [1.29, 1.82) is 0 Å². The highest BCUT2D eigenvalue weighted by molar-refractivity contribution is 6.51. The fourth-order valence-electron chi connectivity index (χ4n) is 3.17. The summed E-state index contributed by atoms with van der Waals surface area (Å²) in [7, 11) is 1.94. The molecular weight excluding hydrogens is 201 g/mol. The molecule has 0 saturated carbocycles. The van der Waals surface area contributed by atoms with E-state index in [1.165, 1.54) is 0 Å². The number of fused-ring (bicyclic) bond motifs is 2. The van der Waals surface area contributed by atoms with Gasteiger partial charge in [-0.25, -0.2) is 0 Å². The molecule has 2 rings (SSSR count). The van der Waals surface area contributed by atoms with Gasteiger partial charge in [-0.05, 0) is 39.5 Å². The van der Waals surface area contributed by atoms with Crippen LogP contribution in [0.15, 0.2) is 0 Å². The lowest BCUT2D eigenvalue weighted by Gasteiger charge is -2.48. The fraction of sp³-hybridized carbons (Fsp3) is 0.917. The van der Waals surface area contributed by atoms with Crippen molar-refractivity contribution in [3.63, 3.8) is 0 Å². The smallest absolute Gasteiger partial charge is 0.218 e. The van der Waals surface area contributed by atoms with E-state index in [1.807, 2.05) is 21.1 Å². The molecule has 0 atom stereocenters. The van der Waals surface area contributed by atoms with Gasteiger partial charge in [0, 0.05) is 16.9 Å². The molecule has 3 nitrogen and oxygen atoms in total. The zero-order valence-electron chi connectivity index (χ0n) is 10.3. The van der Waals surface area contributed by atoms with E-state index in [-0.39, 0.29) is 11.9 Å². The van der Waals surface area contributed by atoms with Crippen LogP contribution in [0.4, 0.5) is 0 Å². The topological polar surface area (TPSA) is 49.3 Å². The molecule has 16 heavy (non-hydrogen) atoms. The molecule has 2 N–H and O–H groups in total. The van der Waals surface area contributed by atoms with Gasteiger partial charge >= 0.3 is 0 Å². The summed E-state index contributed by atoms with van der Waals surface area (Å²) in [4.78, 5) is 12.2. The molecule has 0 aliphatic carbocycles. The Morgan fingerprint density at radius 2 is 1.81 bits per heavy atom. The van der Waals surface area contributed by atoms with E-state index < -0.39 is 10.8 Å². The maximum atomic E-state index is 12.2. The van der Waals surface area contributed by atoms with Crippen LogP contribution < -0.4 is 5.32 Å². The molecule has 0 unspecified atom stereocenters. The third kappa shape index (κ3) is 2.12. The summed E-state index contributed by atoms with van der Waals surface area (Å²) < 4.78 is 0. The fourth-order valence-corrected chi connectivity index (χ4v) is 3.17. The molecule has 1 radical (unpaired) electrons. The minimum Gasteiger partial charge on any atom is -0.399 e. The van der Waals surface area contributed by atoms with Crippen molar-refractivity contribution in [2.45, 2.75) is 69.2 Å². The quantitative estimate of drug-likeness (QED) is 0.694. The van der Waals surface area contributed by atoms with Crippen molar-refractivity contribution >= 4 is 13.2 Å². The van der Waals surface area contributed by atoms with Crippen LogP contribution in [0, 0.1) is 0 Å².